The van der Waals surface area contributed by atoms with Gasteiger partial charge in [0.05, 0.1) is 17.9 Å². The van der Waals surface area contributed by atoms with Crippen molar-refractivity contribution >= 4 is 29.1 Å². The third kappa shape index (κ3) is 7.15. The van der Waals surface area contributed by atoms with Gasteiger partial charge in [-0.15, -0.1) is 0 Å². The van der Waals surface area contributed by atoms with Crippen molar-refractivity contribution in [3.63, 3.8) is 0 Å². The zero-order valence-electron chi connectivity index (χ0n) is 18.8. The SMILES string of the molecule is CCN(CC)Cc1cccc(C(=O)Nc2ccc(Cl)cc2C(=O)NOCc2ccccc2)c1. The summed E-state index contributed by atoms with van der Waals surface area (Å²) < 4.78 is 0. The number of rotatable bonds is 10. The maximum atomic E-state index is 12.9. The smallest absolute Gasteiger partial charge is 0.277 e. The summed E-state index contributed by atoms with van der Waals surface area (Å²) >= 11 is 6.10. The summed E-state index contributed by atoms with van der Waals surface area (Å²) in [5.41, 5.74) is 5.46. The average molecular weight is 466 g/mol. The number of hydrogen-bond acceptors (Lipinski definition) is 4. The summed E-state index contributed by atoms with van der Waals surface area (Å²) in [6.45, 7) is 7.06. The molecule has 7 heteroatoms. The summed E-state index contributed by atoms with van der Waals surface area (Å²) in [4.78, 5) is 33.3. The second-order valence-corrected chi connectivity index (χ2v) is 7.95. The summed E-state index contributed by atoms with van der Waals surface area (Å²) in [5.74, 6) is -0.808. The first-order valence-corrected chi connectivity index (χ1v) is 11.3. The molecule has 0 radical (unpaired) electrons. The molecule has 33 heavy (non-hydrogen) atoms. The molecule has 0 bridgehead atoms. The molecule has 0 aliphatic rings. The Kier molecular flexibility index (Phi) is 9.01. The van der Waals surface area contributed by atoms with Crippen LogP contribution in [0.2, 0.25) is 5.02 Å². The van der Waals surface area contributed by atoms with E-state index < -0.39 is 5.91 Å². The number of carbonyl (C=O) groups excluding carboxylic acids is 2. The van der Waals surface area contributed by atoms with Crippen molar-refractivity contribution in [1.82, 2.24) is 10.4 Å². The van der Waals surface area contributed by atoms with E-state index in [0.717, 1.165) is 30.8 Å². The Morgan fingerprint density at radius 2 is 1.61 bits per heavy atom. The second kappa shape index (κ2) is 12.2. The van der Waals surface area contributed by atoms with Gasteiger partial charge in [-0.05, 0) is 54.5 Å². The van der Waals surface area contributed by atoms with Gasteiger partial charge in [-0.25, -0.2) is 5.48 Å². The van der Waals surface area contributed by atoms with Crippen LogP contribution in [0.3, 0.4) is 0 Å². The van der Waals surface area contributed by atoms with E-state index in [1.165, 1.54) is 6.07 Å². The van der Waals surface area contributed by atoms with Crippen LogP contribution >= 0.6 is 11.6 Å². The lowest BCUT2D eigenvalue weighted by Crippen LogP contribution is -2.25. The van der Waals surface area contributed by atoms with E-state index in [0.29, 0.717) is 16.3 Å². The highest BCUT2D eigenvalue weighted by molar-refractivity contribution is 6.31. The molecule has 3 aromatic rings. The van der Waals surface area contributed by atoms with Gasteiger partial charge < -0.3 is 5.32 Å². The van der Waals surface area contributed by atoms with E-state index in [2.05, 4.69) is 29.5 Å². The van der Waals surface area contributed by atoms with E-state index in [1.54, 1.807) is 18.2 Å². The van der Waals surface area contributed by atoms with Gasteiger partial charge in [0, 0.05) is 17.1 Å². The van der Waals surface area contributed by atoms with Crippen molar-refractivity contribution in [3.8, 4) is 0 Å². The molecule has 0 saturated carbocycles. The molecule has 2 N–H and O–H groups in total. The highest BCUT2D eigenvalue weighted by Crippen LogP contribution is 2.22. The molecule has 0 atom stereocenters. The third-order valence-electron chi connectivity index (χ3n) is 5.21. The van der Waals surface area contributed by atoms with Crippen molar-refractivity contribution in [2.75, 3.05) is 18.4 Å². The first-order valence-electron chi connectivity index (χ1n) is 10.9. The zero-order chi connectivity index (χ0) is 23.6. The Morgan fingerprint density at radius 3 is 2.33 bits per heavy atom. The minimum Gasteiger partial charge on any atom is -0.321 e. The third-order valence-corrected chi connectivity index (χ3v) is 5.45. The molecule has 0 spiro atoms. The van der Waals surface area contributed by atoms with Gasteiger partial charge >= 0.3 is 0 Å². The van der Waals surface area contributed by atoms with Crippen molar-refractivity contribution < 1.29 is 14.4 Å². The van der Waals surface area contributed by atoms with Crippen LogP contribution in [0.1, 0.15) is 45.7 Å². The lowest BCUT2D eigenvalue weighted by atomic mass is 10.1. The molecule has 0 heterocycles. The normalized spacial score (nSPS) is 10.8. The van der Waals surface area contributed by atoms with Gasteiger partial charge in [-0.2, -0.15) is 0 Å². The standard InChI is InChI=1S/C26H28ClN3O3/c1-3-30(4-2)17-20-11-8-12-21(15-20)25(31)28-24-14-13-22(27)16-23(24)26(32)29-33-18-19-9-6-5-7-10-19/h5-16H,3-4,17-18H2,1-2H3,(H,28,31)(H,29,32). The van der Waals surface area contributed by atoms with Crippen LogP contribution in [0.15, 0.2) is 72.8 Å². The van der Waals surface area contributed by atoms with Crippen molar-refractivity contribution in [3.05, 3.63) is 100 Å². The van der Waals surface area contributed by atoms with Gasteiger partial charge in [0.1, 0.15) is 0 Å². The molecule has 0 aliphatic heterocycles. The number of nitrogens with zero attached hydrogens (tertiary/aromatic N) is 1. The largest absolute Gasteiger partial charge is 0.321 e. The van der Waals surface area contributed by atoms with Crippen molar-refractivity contribution in [1.29, 1.82) is 0 Å². The lowest BCUT2D eigenvalue weighted by molar-refractivity contribution is 0.0234. The maximum absolute atomic E-state index is 12.9. The number of amides is 2. The topological polar surface area (TPSA) is 70.7 Å². The van der Waals surface area contributed by atoms with Crippen molar-refractivity contribution in [2.24, 2.45) is 0 Å². The Morgan fingerprint density at radius 1 is 0.879 bits per heavy atom. The van der Waals surface area contributed by atoms with Gasteiger partial charge in [0.25, 0.3) is 11.8 Å². The first-order chi connectivity index (χ1) is 16.0. The van der Waals surface area contributed by atoms with Crippen LogP contribution in [0.25, 0.3) is 0 Å². The Hall–Kier alpha value is -3.19. The minimum atomic E-state index is -0.501. The number of carbonyl (C=O) groups is 2. The van der Waals surface area contributed by atoms with E-state index in [4.69, 9.17) is 16.4 Å². The van der Waals surface area contributed by atoms with Crippen LogP contribution in [-0.2, 0) is 18.0 Å². The molecule has 3 aromatic carbocycles. The van der Waals surface area contributed by atoms with E-state index >= 15 is 0 Å². The number of hydrogen-bond donors (Lipinski definition) is 2. The van der Waals surface area contributed by atoms with E-state index in [9.17, 15) is 9.59 Å². The van der Waals surface area contributed by atoms with Crippen LogP contribution in [0.4, 0.5) is 5.69 Å². The molecule has 0 aliphatic carbocycles. The van der Waals surface area contributed by atoms with E-state index in [-0.39, 0.29) is 18.1 Å². The quantitative estimate of drug-likeness (QED) is 0.399. The molecule has 3 rings (SSSR count). The summed E-state index contributed by atoms with van der Waals surface area (Å²) in [6, 6.07) is 21.7. The fourth-order valence-electron chi connectivity index (χ4n) is 3.34. The fourth-order valence-corrected chi connectivity index (χ4v) is 3.51. The Bertz CT molecular complexity index is 1090. The summed E-state index contributed by atoms with van der Waals surface area (Å²) in [5, 5.41) is 3.20. The second-order valence-electron chi connectivity index (χ2n) is 7.51. The molecule has 172 valence electrons. The summed E-state index contributed by atoms with van der Waals surface area (Å²) in [6.07, 6.45) is 0. The molecule has 0 saturated heterocycles. The first kappa shape index (κ1) is 24.5. The molecule has 0 fully saturated rings. The van der Waals surface area contributed by atoms with Gasteiger partial charge in [0.2, 0.25) is 0 Å². The van der Waals surface area contributed by atoms with Crippen LogP contribution < -0.4 is 10.8 Å². The highest BCUT2D eigenvalue weighted by atomic mass is 35.5. The molecule has 2 amide bonds. The minimum absolute atomic E-state index is 0.211. The van der Waals surface area contributed by atoms with Crippen LogP contribution in [-0.4, -0.2) is 29.8 Å². The monoisotopic (exact) mass is 465 g/mol. The maximum Gasteiger partial charge on any atom is 0.277 e. The predicted molar refractivity (Wildman–Crippen MR) is 131 cm³/mol. The molecule has 6 nitrogen and oxygen atoms in total. The number of hydroxylamine groups is 1. The Balaban J connectivity index is 1.69. The van der Waals surface area contributed by atoms with Crippen molar-refractivity contribution in [2.45, 2.75) is 27.0 Å². The molecular weight excluding hydrogens is 438 g/mol. The fraction of sp³-hybridized carbons (Fsp3) is 0.231. The van der Waals surface area contributed by atoms with Crippen LogP contribution in [0, 0.1) is 0 Å². The van der Waals surface area contributed by atoms with Crippen LogP contribution in [0.5, 0.6) is 0 Å². The van der Waals surface area contributed by atoms with Gasteiger partial charge in [-0.1, -0.05) is 67.9 Å². The molecule has 0 aromatic heterocycles. The van der Waals surface area contributed by atoms with E-state index in [1.807, 2.05) is 48.5 Å². The Labute approximate surface area is 199 Å². The lowest BCUT2D eigenvalue weighted by Gasteiger charge is -2.18. The molecule has 0 unspecified atom stereocenters. The highest BCUT2D eigenvalue weighted by Gasteiger charge is 2.16. The average Bonchev–Trinajstić information content (AvgIpc) is 2.84. The summed E-state index contributed by atoms with van der Waals surface area (Å²) in [7, 11) is 0. The zero-order valence-corrected chi connectivity index (χ0v) is 19.6. The number of anilines is 1. The number of benzene rings is 3. The van der Waals surface area contributed by atoms with Gasteiger partial charge in [0.15, 0.2) is 0 Å². The van der Waals surface area contributed by atoms with Gasteiger partial charge in [-0.3, -0.25) is 19.3 Å². The predicted octanol–water partition coefficient (Wildman–Crippen LogP) is 5.30. The number of halogens is 1. The number of nitrogens with one attached hydrogen (secondary N) is 2. The molecular formula is C26H28ClN3O3.